The summed E-state index contributed by atoms with van der Waals surface area (Å²) >= 11 is 1.57. The Kier molecular flexibility index (Phi) is 6.83. The van der Waals surface area contributed by atoms with E-state index in [-0.39, 0.29) is 12.4 Å². The summed E-state index contributed by atoms with van der Waals surface area (Å²) in [6.45, 7) is 1.87. The minimum atomic E-state index is -0.135. The zero-order valence-corrected chi connectivity index (χ0v) is 12.7. The van der Waals surface area contributed by atoms with Crippen molar-refractivity contribution in [3.63, 3.8) is 0 Å². The van der Waals surface area contributed by atoms with Crippen LogP contribution in [0.1, 0.15) is 32.1 Å². The quantitative estimate of drug-likeness (QED) is 0.779. The van der Waals surface area contributed by atoms with Crippen molar-refractivity contribution in [2.24, 2.45) is 0 Å². The molecule has 1 saturated carbocycles. The second kappa shape index (κ2) is 8.65. The van der Waals surface area contributed by atoms with Gasteiger partial charge in [-0.3, -0.25) is 4.90 Å². The molecule has 0 aromatic heterocycles. The van der Waals surface area contributed by atoms with Crippen molar-refractivity contribution >= 4 is 11.8 Å². The van der Waals surface area contributed by atoms with Gasteiger partial charge in [-0.1, -0.05) is 31.4 Å². The van der Waals surface area contributed by atoms with Crippen LogP contribution in [-0.4, -0.2) is 41.5 Å². The molecule has 0 aliphatic heterocycles. The van der Waals surface area contributed by atoms with E-state index in [0.717, 1.165) is 23.7 Å². The van der Waals surface area contributed by atoms with E-state index in [0.29, 0.717) is 6.04 Å². The Labute approximate surface area is 125 Å². The molecular formula is C16H24FNOS. The number of aliphatic hydroxyl groups is 1. The minimum Gasteiger partial charge on any atom is -0.395 e. The van der Waals surface area contributed by atoms with E-state index in [9.17, 15) is 9.50 Å². The van der Waals surface area contributed by atoms with Crippen molar-refractivity contribution in [2.75, 3.05) is 25.4 Å². The highest BCUT2D eigenvalue weighted by atomic mass is 32.2. The molecule has 0 unspecified atom stereocenters. The summed E-state index contributed by atoms with van der Waals surface area (Å²) in [6, 6.07) is 7.54. The fourth-order valence-corrected chi connectivity index (χ4v) is 3.81. The molecule has 2 rings (SSSR count). The number of rotatable bonds is 7. The lowest BCUT2D eigenvalue weighted by molar-refractivity contribution is 0.131. The Morgan fingerprint density at radius 2 is 1.90 bits per heavy atom. The third-order valence-electron chi connectivity index (χ3n) is 3.95. The third-order valence-corrected chi connectivity index (χ3v) is 4.98. The number of benzene rings is 1. The Hall–Kier alpha value is -0.580. The van der Waals surface area contributed by atoms with E-state index in [4.69, 9.17) is 0 Å². The molecular weight excluding hydrogens is 273 g/mol. The molecule has 4 heteroatoms. The smallest absolute Gasteiger partial charge is 0.136 e. The molecule has 0 radical (unpaired) electrons. The highest BCUT2D eigenvalue weighted by Gasteiger charge is 2.20. The first-order valence-electron chi connectivity index (χ1n) is 7.53. The second-order valence-corrected chi connectivity index (χ2v) is 6.47. The molecule has 1 aliphatic carbocycles. The summed E-state index contributed by atoms with van der Waals surface area (Å²) in [5.74, 6) is 0.737. The van der Waals surface area contributed by atoms with Gasteiger partial charge in [-0.25, -0.2) is 4.39 Å². The molecule has 20 heavy (non-hydrogen) atoms. The normalized spacial score (nSPS) is 16.8. The summed E-state index contributed by atoms with van der Waals surface area (Å²) in [6.07, 6.45) is 6.42. The van der Waals surface area contributed by atoms with Gasteiger partial charge in [0.25, 0.3) is 0 Å². The van der Waals surface area contributed by atoms with E-state index in [1.54, 1.807) is 17.8 Å². The first-order valence-corrected chi connectivity index (χ1v) is 8.52. The maximum Gasteiger partial charge on any atom is 0.136 e. The topological polar surface area (TPSA) is 23.5 Å². The van der Waals surface area contributed by atoms with Crippen molar-refractivity contribution in [1.29, 1.82) is 0 Å². The average molecular weight is 297 g/mol. The van der Waals surface area contributed by atoms with E-state index in [1.807, 2.05) is 12.1 Å². The largest absolute Gasteiger partial charge is 0.395 e. The van der Waals surface area contributed by atoms with E-state index in [1.165, 1.54) is 38.2 Å². The molecule has 0 bridgehead atoms. The molecule has 0 heterocycles. The summed E-state index contributed by atoms with van der Waals surface area (Å²) in [5.41, 5.74) is 0. The minimum absolute atomic E-state index is 0.135. The van der Waals surface area contributed by atoms with Gasteiger partial charge in [0.2, 0.25) is 0 Å². The van der Waals surface area contributed by atoms with Crippen LogP contribution in [0, 0.1) is 5.82 Å². The first-order chi connectivity index (χ1) is 9.81. The van der Waals surface area contributed by atoms with Crippen LogP contribution in [-0.2, 0) is 0 Å². The number of halogens is 1. The first kappa shape index (κ1) is 15.8. The summed E-state index contributed by atoms with van der Waals surface area (Å²) < 4.78 is 13.5. The number of aliphatic hydroxyl groups excluding tert-OH is 1. The molecule has 112 valence electrons. The van der Waals surface area contributed by atoms with Gasteiger partial charge >= 0.3 is 0 Å². The van der Waals surface area contributed by atoms with Crippen molar-refractivity contribution in [3.05, 3.63) is 30.1 Å². The number of nitrogens with zero attached hydrogens (tertiary/aromatic N) is 1. The zero-order chi connectivity index (χ0) is 14.2. The van der Waals surface area contributed by atoms with Crippen LogP contribution in [0.2, 0.25) is 0 Å². The van der Waals surface area contributed by atoms with Gasteiger partial charge in [0.05, 0.1) is 6.61 Å². The molecule has 1 fully saturated rings. The maximum atomic E-state index is 13.5. The molecule has 0 spiro atoms. The maximum absolute atomic E-state index is 13.5. The second-order valence-electron chi connectivity index (χ2n) is 5.33. The molecule has 1 N–H and O–H groups in total. The SMILES string of the molecule is OCCN(CCSc1ccccc1F)C1CCCCC1. The van der Waals surface area contributed by atoms with Gasteiger partial charge in [0.1, 0.15) is 5.82 Å². The third kappa shape index (κ3) is 4.76. The van der Waals surface area contributed by atoms with Crippen LogP contribution in [0.5, 0.6) is 0 Å². The van der Waals surface area contributed by atoms with Gasteiger partial charge in [-0.2, -0.15) is 0 Å². The Bertz CT molecular complexity index is 396. The van der Waals surface area contributed by atoms with Gasteiger partial charge in [0, 0.05) is 29.8 Å². The van der Waals surface area contributed by atoms with E-state index < -0.39 is 0 Å². The molecule has 0 amide bonds. The molecule has 1 aliphatic rings. The van der Waals surface area contributed by atoms with Crippen LogP contribution in [0.3, 0.4) is 0 Å². The van der Waals surface area contributed by atoms with E-state index in [2.05, 4.69) is 4.90 Å². The van der Waals surface area contributed by atoms with E-state index >= 15 is 0 Å². The van der Waals surface area contributed by atoms with Crippen LogP contribution < -0.4 is 0 Å². The molecule has 1 aromatic carbocycles. The van der Waals surface area contributed by atoms with Gasteiger partial charge in [-0.15, -0.1) is 11.8 Å². The molecule has 2 nitrogen and oxygen atoms in total. The van der Waals surface area contributed by atoms with Gasteiger partial charge < -0.3 is 5.11 Å². The van der Waals surface area contributed by atoms with Crippen molar-refractivity contribution in [3.8, 4) is 0 Å². The van der Waals surface area contributed by atoms with Gasteiger partial charge in [0.15, 0.2) is 0 Å². The molecule has 0 atom stereocenters. The summed E-state index contributed by atoms with van der Waals surface area (Å²) in [5, 5.41) is 9.22. The highest BCUT2D eigenvalue weighted by molar-refractivity contribution is 7.99. The van der Waals surface area contributed by atoms with Crippen LogP contribution >= 0.6 is 11.8 Å². The summed E-state index contributed by atoms with van der Waals surface area (Å²) in [4.78, 5) is 3.10. The van der Waals surface area contributed by atoms with Gasteiger partial charge in [-0.05, 0) is 25.0 Å². The van der Waals surface area contributed by atoms with Crippen molar-refractivity contribution in [1.82, 2.24) is 4.90 Å². The fraction of sp³-hybridized carbons (Fsp3) is 0.625. The van der Waals surface area contributed by atoms with Crippen LogP contribution in [0.15, 0.2) is 29.2 Å². The Balaban J connectivity index is 1.81. The van der Waals surface area contributed by atoms with Crippen molar-refractivity contribution in [2.45, 2.75) is 43.0 Å². The number of thioether (sulfide) groups is 1. The summed E-state index contributed by atoms with van der Waals surface area (Å²) in [7, 11) is 0. The molecule has 1 aromatic rings. The zero-order valence-electron chi connectivity index (χ0n) is 11.9. The lowest BCUT2D eigenvalue weighted by atomic mass is 9.94. The van der Waals surface area contributed by atoms with Crippen LogP contribution in [0.4, 0.5) is 4.39 Å². The van der Waals surface area contributed by atoms with Crippen molar-refractivity contribution < 1.29 is 9.50 Å². The fourth-order valence-electron chi connectivity index (χ4n) is 2.89. The lowest BCUT2D eigenvalue weighted by Gasteiger charge is -2.33. The molecule has 0 saturated heterocycles. The lowest BCUT2D eigenvalue weighted by Crippen LogP contribution is -2.40. The standard InChI is InChI=1S/C16H24FNOS/c17-15-8-4-5-9-16(15)20-13-11-18(10-12-19)14-6-2-1-3-7-14/h4-5,8-9,14,19H,1-3,6-7,10-13H2. The monoisotopic (exact) mass is 297 g/mol. The predicted molar refractivity (Wildman–Crippen MR) is 82.7 cm³/mol. The number of hydrogen-bond donors (Lipinski definition) is 1. The average Bonchev–Trinajstić information content (AvgIpc) is 2.49. The number of hydrogen-bond acceptors (Lipinski definition) is 3. The Morgan fingerprint density at radius 3 is 2.60 bits per heavy atom. The Morgan fingerprint density at radius 1 is 1.15 bits per heavy atom. The highest BCUT2D eigenvalue weighted by Crippen LogP contribution is 2.25. The predicted octanol–water partition coefficient (Wildman–Crippen LogP) is 3.54. The van der Waals surface area contributed by atoms with Crippen LogP contribution in [0.25, 0.3) is 0 Å².